The van der Waals surface area contributed by atoms with Crippen molar-refractivity contribution in [3.63, 3.8) is 0 Å². The van der Waals surface area contributed by atoms with Crippen molar-refractivity contribution >= 4 is 11.9 Å². The van der Waals surface area contributed by atoms with E-state index in [9.17, 15) is 4.79 Å². The Kier molecular flexibility index (Phi) is 8.68. The summed E-state index contributed by atoms with van der Waals surface area (Å²) in [6, 6.07) is 9.50. The second-order valence-electron chi connectivity index (χ2n) is 5.87. The van der Waals surface area contributed by atoms with Crippen LogP contribution in [0.5, 0.6) is 5.75 Å². The van der Waals surface area contributed by atoms with E-state index in [1.54, 1.807) is 13.3 Å². The number of aromatic nitrogens is 2. The predicted molar refractivity (Wildman–Crippen MR) is 106 cm³/mol. The van der Waals surface area contributed by atoms with Crippen LogP contribution in [-0.2, 0) is 17.9 Å². The fraction of sp³-hybridized carbons (Fsp3) is 0.421. The van der Waals surface area contributed by atoms with Gasteiger partial charge in [0.25, 0.3) is 0 Å². The molecule has 1 aromatic heterocycles. The molecule has 0 saturated carbocycles. The van der Waals surface area contributed by atoms with Gasteiger partial charge in [-0.15, -0.1) is 0 Å². The molecule has 146 valence electrons. The van der Waals surface area contributed by atoms with Gasteiger partial charge in [0.1, 0.15) is 12.3 Å². The first kappa shape index (κ1) is 20.3. The lowest BCUT2D eigenvalue weighted by Gasteiger charge is -2.11. The lowest BCUT2D eigenvalue weighted by molar-refractivity contribution is -0.119. The van der Waals surface area contributed by atoms with E-state index in [2.05, 4.69) is 26.0 Å². The maximum absolute atomic E-state index is 12.0. The van der Waals surface area contributed by atoms with Gasteiger partial charge in [0, 0.05) is 38.6 Å². The van der Waals surface area contributed by atoms with Crippen molar-refractivity contribution in [1.29, 1.82) is 0 Å². The van der Waals surface area contributed by atoms with Crippen LogP contribution in [-0.4, -0.2) is 48.4 Å². The van der Waals surface area contributed by atoms with E-state index in [0.717, 1.165) is 37.4 Å². The predicted octanol–water partition coefficient (Wildman–Crippen LogP) is 1.15. The average molecular weight is 372 g/mol. The Balaban J connectivity index is 1.70. The number of ether oxygens (including phenoxy) is 1. The Hall–Kier alpha value is -3.03. The highest BCUT2D eigenvalue weighted by molar-refractivity contribution is 5.84. The van der Waals surface area contributed by atoms with E-state index < -0.39 is 0 Å². The van der Waals surface area contributed by atoms with E-state index in [0.29, 0.717) is 12.5 Å². The van der Waals surface area contributed by atoms with Gasteiger partial charge >= 0.3 is 0 Å². The molecule has 0 aliphatic rings. The summed E-state index contributed by atoms with van der Waals surface area (Å²) in [5, 5.41) is 13.4. The maximum Gasteiger partial charge on any atom is 0.242 e. The molecule has 1 amide bonds. The molecule has 0 aliphatic heterocycles. The van der Waals surface area contributed by atoms with E-state index in [1.165, 1.54) is 0 Å². The van der Waals surface area contributed by atoms with Crippen molar-refractivity contribution in [1.82, 2.24) is 25.7 Å². The Morgan fingerprint density at radius 3 is 2.70 bits per heavy atom. The molecule has 1 heterocycles. The molecule has 8 heteroatoms. The number of aliphatic imine (C=N–C) groups is 1. The molecule has 8 nitrogen and oxygen atoms in total. The zero-order valence-electron chi connectivity index (χ0n) is 15.9. The van der Waals surface area contributed by atoms with E-state index in [-0.39, 0.29) is 12.5 Å². The van der Waals surface area contributed by atoms with Crippen LogP contribution in [0.25, 0.3) is 0 Å². The Labute approximate surface area is 160 Å². The van der Waals surface area contributed by atoms with Crippen LogP contribution < -0.4 is 20.7 Å². The number of benzene rings is 1. The van der Waals surface area contributed by atoms with E-state index in [1.807, 2.05) is 48.1 Å². The minimum absolute atomic E-state index is 0.0741. The van der Waals surface area contributed by atoms with Gasteiger partial charge in [0.05, 0.1) is 7.11 Å². The summed E-state index contributed by atoms with van der Waals surface area (Å²) in [5.74, 6) is 1.31. The Bertz CT molecular complexity index is 697. The van der Waals surface area contributed by atoms with Crippen LogP contribution >= 0.6 is 0 Å². The molecule has 2 aromatic rings. The van der Waals surface area contributed by atoms with E-state index in [4.69, 9.17) is 4.74 Å². The van der Waals surface area contributed by atoms with Crippen molar-refractivity contribution in [2.75, 3.05) is 26.7 Å². The second-order valence-corrected chi connectivity index (χ2v) is 5.87. The van der Waals surface area contributed by atoms with Gasteiger partial charge in [-0.1, -0.05) is 12.1 Å². The molecule has 0 atom stereocenters. The molecule has 3 N–H and O–H groups in total. The molecule has 2 rings (SSSR count). The molecule has 1 aromatic carbocycles. The average Bonchev–Trinajstić information content (AvgIpc) is 3.21. The number of nitrogens with zero attached hydrogens (tertiary/aromatic N) is 3. The lowest BCUT2D eigenvalue weighted by Crippen LogP contribution is -2.39. The number of rotatable bonds is 10. The molecule has 27 heavy (non-hydrogen) atoms. The number of hydrogen-bond acceptors (Lipinski definition) is 4. The number of guanidine groups is 1. The third-order valence-electron chi connectivity index (χ3n) is 3.79. The smallest absolute Gasteiger partial charge is 0.242 e. The number of amides is 1. The number of nitrogens with one attached hydrogen (secondary N) is 3. The highest BCUT2D eigenvalue weighted by atomic mass is 16.5. The van der Waals surface area contributed by atoms with E-state index >= 15 is 0 Å². The Morgan fingerprint density at radius 1 is 1.22 bits per heavy atom. The molecule has 0 radical (unpaired) electrons. The molecule has 0 bridgehead atoms. The number of aryl methyl sites for hydroxylation is 1. The van der Waals surface area contributed by atoms with Crippen molar-refractivity contribution in [3.8, 4) is 5.75 Å². The summed E-state index contributed by atoms with van der Waals surface area (Å²) in [6.45, 7) is 4.85. The van der Waals surface area contributed by atoms with Gasteiger partial charge < -0.3 is 20.7 Å². The van der Waals surface area contributed by atoms with Gasteiger partial charge in [-0.05, 0) is 37.1 Å². The SMILES string of the molecule is CCNC(=NCC(=O)NCc1ccc(OC)cc1)NCCCn1cccn1. The molecular weight excluding hydrogens is 344 g/mol. The summed E-state index contributed by atoms with van der Waals surface area (Å²) in [5.41, 5.74) is 1.01. The quantitative estimate of drug-likeness (QED) is 0.331. The monoisotopic (exact) mass is 372 g/mol. The largest absolute Gasteiger partial charge is 0.497 e. The molecule has 0 fully saturated rings. The minimum atomic E-state index is -0.125. The van der Waals surface area contributed by atoms with Crippen LogP contribution in [0.1, 0.15) is 18.9 Å². The fourth-order valence-electron chi connectivity index (χ4n) is 2.37. The first-order valence-electron chi connectivity index (χ1n) is 9.10. The summed E-state index contributed by atoms with van der Waals surface area (Å²) in [4.78, 5) is 16.4. The number of methoxy groups -OCH3 is 1. The minimum Gasteiger partial charge on any atom is -0.497 e. The van der Waals surface area contributed by atoms with Crippen molar-refractivity contribution < 1.29 is 9.53 Å². The molecule has 0 spiro atoms. The molecule has 0 aliphatic carbocycles. The highest BCUT2D eigenvalue weighted by Crippen LogP contribution is 2.10. The van der Waals surface area contributed by atoms with Crippen molar-refractivity contribution in [2.45, 2.75) is 26.4 Å². The number of carbonyl (C=O) groups excluding carboxylic acids is 1. The van der Waals surface area contributed by atoms with Gasteiger partial charge in [0.15, 0.2) is 5.96 Å². The summed E-state index contributed by atoms with van der Waals surface area (Å²) >= 11 is 0. The fourth-order valence-corrected chi connectivity index (χ4v) is 2.37. The normalized spacial score (nSPS) is 11.1. The standard InChI is InChI=1S/C19H28N6O2/c1-3-20-19(21-10-4-12-25-13-5-11-24-25)23-15-18(26)22-14-16-6-8-17(27-2)9-7-16/h5-9,11,13H,3-4,10,12,14-15H2,1-2H3,(H,22,26)(H2,20,21,23). The lowest BCUT2D eigenvalue weighted by atomic mass is 10.2. The summed E-state index contributed by atoms with van der Waals surface area (Å²) in [7, 11) is 1.63. The van der Waals surface area contributed by atoms with Crippen LogP contribution in [0.4, 0.5) is 0 Å². The topological polar surface area (TPSA) is 92.6 Å². The molecule has 0 saturated heterocycles. The first-order valence-corrected chi connectivity index (χ1v) is 9.10. The number of carbonyl (C=O) groups is 1. The summed E-state index contributed by atoms with van der Waals surface area (Å²) in [6.07, 6.45) is 4.62. The van der Waals surface area contributed by atoms with Crippen LogP contribution in [0, 0.1) is 0 Å². The van der Waals surface area contributed by atoms with Crippen molar-refractivity contribution in [2.24, 2.45) is 4.99 Å². The first-order chi connectivity index (χ1) is 13.2. The summed E-state index contributed by atoms with van der Waals surface area (Å²) < 4.78 is 7.01. The van der Waals surface area contributed by atoms with Crippen LogP contribution in [0.2, 0.25) is 0 Å². The van der Waals surface area contributed by atoms with Gasteiger partial charge in [-0.3, -0.25) is 9.48 Å². The third kappa shape index (κ3) is 7.81. The van der Waals surface area contributed by atoms with Gasteiger partial charge in [0.2, 0.25) is 5.91 Å². The molecule has 0 unspecified atom stereocenters. The zero-order chi connectivity index (χ0) is 19.3. The third-order valence-corrected chi connectivity index (χ3v) is 3.79. The van der Waals surface area contributed by atoms with Gasteiger partial charge in [-0.25, -0.2) is 4.99 Å². The van der Waals surface area contributed by atoms with Gasteiger partial charge in [-0.2, -0.15) is 5.10 Å². The second kappa shape index (κ2) is 11.6. The van der Waals surface area contributed by atoms with Crippen molar-refractivity contribution in [3.05, 3.63) is 48.3 Å². The molecular formula is C19H28N6O2. The maximum atomic E-state index is 12.0. The highest BCUT2D eigenvalue weighted by Gasteiger charge is 2.03. The Morgan fingerprint density at radius 2 is 2.04 bits per heavy atom. The van der Waals surface area contributed by atoms with Crippen LogP contribution in [0.15, 0.2) is 47.7 Å². The zero-order valence-corrected chi connectivity index (χ0v) is 15.9. The van der Waals surface area contributed by atoms with Crippen LogP contribution in [0.3, 0.4) is 0 Å². The number of hydrogen-bond donors (Lipinski definition) is 3.